The average molecular weight is 341 g/mol. The molecule has 1 fully saturated rings. The quantitative estimate of drug-likeness (QED) is 0.709. The Bertz CT molecular complexity index is 933. The molecule has 120 valence electrons. The molecule has 2 atom stereocenters. The zero-order valence-electron chi connectivity index (χ0n) is 12.5. The first kappa shape index (κ1) is 14.8. The molecule has 3 N–H and O–H groups in total. The van der Waals surface area contributed by atoms with Crippen LogP contribution in [-0.2, 0) is 4.79 Å². The fraction of sp³-hybridized carbons (Fsp3) is 0.188. The van der Waals surface area contributed by atoms with Gasteiger partial charge >= 0.3 is 0 Å². The van der Waals surface area contributed by atoms with Crippen LogP contribution in [0.1, 0.15) is 18.2 Å². The molecule has 0 bridgehead atoms. The van der Waals surface area contributed by atoms with E-state index in [2.05, 4.69) is 25.3 Å². The number of pyridine rings is 2. The van der Waals surface area contributed by atoms with Gasteiger partial charge in [0.2, 0.25) is 5.91 Å². The summed E-state index contributed by atoms with van der Waals surface area (Å²) in [5.74, 6) is 1.32. The molecule has 0 radical (unpaired) electrons. The van der Waals surface area contributed by atoms with Gasteiger partial charge in [0.1, 0.15) is 22.6 Å². The second-order valence-corrected chi connectivity index (χ2v) is 6.05. The Labute approximate surface area is 142 Å². The molecular formula is C16H13ClN6O. The molecule has 3 aromatic heterocycles. The lowest BCUT2D eigenvalue weighted by Gasteiger charge is -2.07. The molecule has 1 amide bonds. The largest absolute Gasteiger partial charge is 0.383 e. The lowest BCUT2D eigenvalue weighted by molar-refractivity contribution is -0.117. The maximum atomic E-state index is 12.4. The predicted octanol–water partition coefficient (Wildman–Crippen LogP) is 2.40. The molecule has 3 heterocycles. The molecular weight excluding hydrogens is 328 g/mol. The van der Waals surface area contributed by atoms with E-state index in [-0.39, 0.29) is 17.7 Å². The summed E-state index contributed by atoms with van der Waals surface area (Å²) in [5, 5.41) is 4.59. The number of rotatable bonds is 3. The summed E-state index contributed by atoms with van der Waals surface area (Å²) in [7, 11) is 0. The van der Waals surface area contributed by atoms with Gasteiger partial charge in [0.05, 0.1) is 0 Å². The van der Waals surface area contributed by atoms with Crippen LogP contribution in [0, 0.1) is 5.92 Å². The highest BCUT2D eigenvalue weighted by Gasteiger charge is 2.46. The van der Waals surface area contributed by atoms with Crippen molar-refractivity contribution in [3.63, 3.8) is 0 Å². The number of nitrogens with one attached hydrogen (secondary N) is 1. The maximum Gasteiger partial charge on any atom is 0.229 e. The van der Waals surface area contributed by atoms with Gasteiger partial charge in [-0.25, -0.2) is 19.9 Å². The normalized spacial score (nSPS) is 19.2. The molecule has 3 aromatic rings. The molecule has 4 rings (SSSR count). The van der Waals surface area contributed by atoms with Crippen molar-refractivity contribution in [1.82, 2.24) is 19.9 Å². The molecule has 0 aromatic carbocycles. The number of nitrogens with zero attached hydrogens (tertiary/aromatic N) is 4. The Morgan fingerprint density at radius 1 is 1.25 bits per heavy atom. The number of carbonyl (C=O) groups is 1. The highest BCUT2D eigenvalue weighted by molar-refractivity contribution is 6.30. The van der Waals surface area contributed by atoms with E-state index in [1.54, 1.807) is 36.8 Å². The van der Waals surface area contributed by atoms with Crippen LogP contribution in [0.4, 0.5) is 11.6 Å². The summed E-state index contributed by atoms with van der Waals surface area (Å²) in [6, 6.07) is 5.17. The smallest absolute Gasteiger partial charge is 0.229 e. The van der Waals surface area contributed by atoms with E-state index in [1.807, 2.05) is 0 Å². The number of anilines is 2. The van der Waals surface area contributed by atoms with Crippen LogP contribution in [0.25, 0.3) is 10.8 Å². The van der Waals surface area contributed by atoms with Gasteiger partial charge in [-0.05, 0) is 30.0 Å². The zero-order chi connectivity index (χ0) is 16.7. The van der Waals surface area contributed by atoms with Gasteiger partial charge in [0, 0.05) is 35.8 Å². The van der Waals surface area contributed by atoms with Gasteiger partial charge in [-0.2, -0.15) is 0 Å². The first-order chi connectivity index (χ1) is 11.6. The average Bonchev–Trinajstić information content (AvgIpc) is 3.36. The third-order valence-electron chi connectivity index (χ3n) is 4.01. The standard InChI is InChI=1S/C16H13ClN6O/c17-12-4-8-5-13(21-7-11(8)14(18)22-12)23-16(24)10-6-9(10)15-19-2-1-3-20-15/h1-5,7,9-10H,6H2,(H2,18,22)(H,21,23,24). The number of aromatic nitrogens is 4. The van der Waals surface area contributed by atoms with Gasteiger partial charge in [-0.3, -0.25) is 4.79 Å². The summed E-state index contributed by atoms with van der Waals surface area (Å²) in [5.41, 5.74) is 5.81. The van der Waals surface area contributed by atoms with Crippen molar-refractivity contribution in [3.8, 4) is 0 Å². The molecule has 2 unspecified atom stereocenters. The van der Waals surface area contributed by atoms with E-state index in [0.29, 0.717) is 28.0 Å². The van der Waals surface area contributed by atoms with Crippen LogP contribution in [0.5, 0.6) is 0 Å². The van der Waals surface area contributed by atoms with E-state index in [4.69, 9.17) is 17.3 Å². The van der Waals surface area contributed by atoms with Crippen molar-refractivity contribution in [2.75, 3.05) is 11.1 Å². The fourth-order valence-electron chi connectivity index (χ4n) is 2.70. The van der Waals surface area contributed by atoms with Crippen LogP contribution in [0.2, 0.25) is 5.15 Å². The lowest BCUT2D eigenvalue weighted by Crippen LogP contribution is -2.15. The van der Waals surface area contributed by atoms with Crippen molar-refractivity contribution in [1.29, 1.82) is 0 Å². The molecule has 1 aliphatic rings. The fourth-order valence-corrected chi connectivity index (χ4v) is 2.91. The highest BCUT2D eigenvalue weighted by Crippen LogP contribution is 2.46. The first-order valence-corrected chi connectivity index (χ1v) is 7.79. The summed E-state index contributed by atoms with van der Waals surface area (Å²) in [6.07, 6.45) is 5.69. The van der Waals surface area contributed by atoms with E-state index in [9.17, 15) is 4.79 Å². The summed E-state index contributed by atoms with van der Waals surface area (Å²) >= 11 is 5.92. The Hall–Kier alpha value is -2.80. The van der Waals surface area contributed by atoms with Crippen molar-refractivity contribution in [2.24, 2.45) is 5.92 Å². The molecule has 0 saturated heterocycles. The van der Waals surface area contributed by atoms with Crippen LogP contribution < -0.4 is 11.1 Å². The first-order valence-electron chi connectivity index (χ1n) is 7.41. The topological polar surface area (TPSA) is 107 Å². The monoisotopic (exact) mass is 340 g/mol. The molecule has 8 heteroatoms. The number of amides is 1. The predicted molar refractivity (Wildman–Crippen MR) is 90.5 cm³/mol. The molecule has 7 nitrogen and oxygen atoms in total. The summed E-state index contributed by atoms with van der Waals surface area (Å²) in [4.78, 5) is 29.0. The van der Waals surface area contributed by atoms with Crippen LogP contribution in [0.15, 0.2) is 36.8 Å². The van der Waals surface area contributed by atoms with E-state index < -0.39 is 0 Å². The summed E-state index contributed by atoms with van der Waals surface area (Å²) < 4.78 is 0. The number of hydrogen-bond acceptors (Lipinski definition) is 6. The van der Waals surface area contributed by atoms with E-state index in [1.165, 1.54) is 0 Å². The van der Waals surface area contributed by atoms with Crippen molar-refractivity contribution in [3.05, 3.63) is 47.8 Å². The van der Waals surface area contributed by atoms with E-state index >= 15 is 0 Å². The second-order valence-electron chi connectivity index (χ2n) is 5.67. The Morgan fingerprint density at radius 2 is 2.04 bits per heavy atom. The maximum absolute atomic E-state index is 12.4. The molecule has 1 aliphatic carbocycles. The minimum Gasteiger partial charge on any atom is -0.383 e. The van der Waals surface area contributed by atoms with Gasteiger partial charge in [0.25, 0.3) is 0 Å². The van der Waals surface area contributed by atoms with Crippen molar-refractivity contribution < 1.29 is 4.79 Å². The van der Waals surface area contributed by atoms with Crippen LogP contribution in [0.3, 0.4) is 0 Å². The second kappa shape index (κ2) is 5.68. The van der Waals surface area contributed by atoms with Gasteiger partial charge in [-0.15, -0.1) is 0 Å². The number of nitrogens with two attached hydrogens (primary N) is 1. The Morgan fingerprint density at radius 3 is 2.83 bits per heavy atom. The lowest BCUT2D eigenvalue weighted by atomic mass is 10.2. The van der Waals surface area contributed by atoms with Gasteiger partial charge < -0.3 is 11.1 Å². The van der Waals surface area contributed by atoms with E-state index in [0.717, 1.165) is 11.8 Å². The minimum absolute atomic E-state index is 0.0703. The molecule has 0 aliphatic heterocycles. The molecule has 24 heavy (non-hydrogen) atoms. The number of nitrogen functional groups attached to an aromatic ring is 1. The number of fused-ring (bicyclic) bond motifs is 1. The Balaban J connectivity index is 1.52. The minimum atomic E-state index is -0.129. The van der Waals surface area contributed by atoms with Crippen LogP contribution >= 0.6 is 11.6 Å². The molecule has 0 spiro atoms. The van der Waals surface area contributed by atoms with Gasteiger partial charge in [-0.1, -0.05) is 11.6 Å². The number of hydrogen-bond donors (Lipinski definition) is 2. The van der Waals surface area contributed by atoms with Crippen molar-refractivity contribution >= 4 is 39.9 Å². The van der Waals surface area contributed by atoms with Crippen LogP contribution in [-0.4, -0.2) is 25.8 Å². The zero-order valence-corrected chi connectivity index (χ0v) is 13.2. The SMILES string of the molecule is Nc1nc(Cl)cc2cc(NC(=O)C3CC3c3ncccn3)ncc12. The highest BCUT2D eigenvalue weighted by atomic mass is 35.5. The Kier molecular flexibility index (Phi) is 3.50. The summed E-state index contributed by atoms with van der Waals surface area (Å²) in [6.45, 7) is 0. The van der Waals surface area contributed by atoms with Crippen molar-refractivity contribution in [2.45, 2.75) is 12.3 Å². The third kappa shape index (κ3) is 2.74. The van der Waals surface area contributed by atoms with Gasteiger partial charge in [0.15, 0.2) is 0 Å². The molecule has 1 saturated carbocycles. The number of carbonyl (C=O) groups excluding carboxylic acids is 1. The number of halogens is 1. The third-order valence-corrected chi connectivity index (χ3v) is 4.20.